The summed E-state index contributed by atoms with van der Waals surface area (Å²) in [5.41, 5.74) is 3.73. The van der Waals surface area contributed by atoms with E-state index >= 15 is 0 Å². The van der Waals surface area contributed by atoms with Gasteiger partial charge in [0.2, 0.25) is 0 Å². The molecule has 0 saturated heterocycles. The molecule has 0 saturated carbocycles. The van der Waals surface area contributed by atoms with Crippen LogP contribution in [0.5, 0.6) is 0 Å². The molecule has 0 atom stereocenters. The highest BCUT2D eigenvalue weighted by Crippen LogP contribution is 2.19. The van der Waals surface area contributed by atoms with Crippen LogP contribution in [-0.2, 0) is 6.42 Å². The van der Waals surface area contributed by atoms with Crippen LogP contribution >= 0.6 is 11.6 Å². The molecule has 1 heterocycles. The Balaban J connectivity index is 1.51. The fraction of sp³-hybridized carbons (Fsp3) is 0.182. The van der Waals surface area contributed by atoms with Gasteiger partial charge in [-0.25, -0.2) is 4.98 Å². The maximum atomic E-state index is 12.3. The summed E-state index contributed by atoms with van der Waals surface area (Å²) in [5.74, 6) is 0.554. The summed E-state index contributed by atoms with van der Waals surface area (Å²) in [6.07, 6.45) is 2.33. The number of halogens is 1. The third-order valence-corrected chi connectivity index (χ3v) is 4.55. The second-order valence-corrected chi connectivity index (χ2v) is 7.07. The van der Waals surface area contributed by atoms with Gasteiger partial charge in [-0.1, -0.05) is 23.7 Å². The molecule has 0 spiro atoms. The maximum absolute atomic E-state index is 12.3. The number of anilines is 3. The number of nitrogens with zero attached hydrogens (tertiary/aromatic N) is 2. The van der Waals surface area contributed by atoms with Crippen LogP contribution in [0.15, 0.2) is 66.9 Å². The monoisotopic (exact) mass is 394 g/mol. The highest BCUT2D eigenvalue weighted by molar-refractivity contribution is 6.30. The summed E-state index contributed by atoms with van der Waals surface area (Å²) in [6.45, 7) is 0.554. The Morgan fingerprint density at radius 2 is 1.71 bits per heavy atom. The van der Waals surface area contributed by atoms with Crippen LogP contribution in [-0.4, -0.2) is 31.5 Å². The molecule has 3 aromatic rings. The first-order chi connectivity index (χ1) is 13.5. The van der Waals surface area contributed by atoms with Crippen molar-refractivity contribution in [3.63, 3.8) is 0 Å². The van der Waals surface area contributed by atoms with Crippen molar-refractivity contribution in [2.45, 2.75) is 6.42 Å². The zero-order chi connectivity index (χ0) is 19.9. The smallest absolute Gasteiger partial charge is 0.252 e. The lowest BCUT2D eigenvalue weighted by Crippen LogP contribution is -2.25. The minimum atomic E-state index is -0.136. The number of carbonyl (C=O) groups excluding carboxylic acids is 1. The van der Waals surface area contributed by atoms with Crippen LogP contribution in [0.4, 0.5) is 17.2 Å². The lowest BCUT2D eigenvalue weighted by atomic mass is 10.1. The van der Waals surface area contributed by atoms with Gasteiger partial charge in [-0.05, 0) is 60.5 Å². The van der Waals surface area contributed by atoms with E-state index in [1.807, 2.05) is 67.5 Å². The number of pyridine rings is 1. The normalized spacial score (nSPS) is 10.4. The summed E-state index contributed by atoms with van der Waals surface area (Å²) in [7, 11) is 4.01. The molecule has 0 aliphatic heterocycles. The van der Waals surface area contributed by atoms with Crippen molar-refractivity contribution in [3.8, 4) is 0 Å². The number of amides is 1. The first-order valence-electron chi connectivity index (χ1n) is 9.04. The number of rotatable bonds is 7. The van der Waals surface area contributed by atoms with E-state index in [-0.39, 0.29) is 5.91 Å². The van der Waals surface area contributed by atoms with E-state index in [1.165, 1.54) is 0 Å². The Bertz CT molecular complexity index is 907. The molecule has 1 aromatic heterocycles. The van der Waals surface area contributed by atoms with Crippen LogP contribution in [0, 0.1) is 0 Å². The molecule has 0 unspecified atom stereocenters. The molecular formula is C22H23ClN4O. The van der Waals surface area contributed by atoms with Gasteiger partial charge in [-0.2, -0.15) is 0 Å². The zero-order valence-corrected chi connectivity index (χ0v) is 16.7. The quantitative estimate of drug-likeness (QED) is 0.618. The summed E-state index contributed by atoms with van der Waals surface area (Å²) in [4.78, 5) is 18.6. The van der Waals surface area contributed by atoms with Crippen LogP contribution in [0.3, 0.4) is 0 Å². The zero-order valence-electron chi connectivity index (χ0n) is 15.9. The number of carbonyl (C=O) groups is 1. The van der Waals surface area contributed by atoms with E-state index in [4.69, 9.17) is 11.6 Å². The lowest BCUT2D eigenvalue weighted by Gasteiger charge is -2.13. The largest absolute Gasteiger partial charge is 0.378 e. The number of hydrogen-bond donors (Lipinski definition) is 2. The van der Waals surface area contributed by atoms with Gasteiger partial charge in [0.25, 0.3) is 5.91 Å². The van der Waals surface area contributed by atoms with Crippen LogP contribution in [0.1, 0.15) is 15.9 Å². The minimum absolute atomic E-state index is 0.136. The Labute approximate surface area is 170 Å². The Morgan fingerprint density at radius 1 is 1.00 bits per heavy atom. The van der Waals surface area contributed by atoms with E-state index in [0.29, 0.717) is 22.9 Å². The molecule has 28 heavy (non-hydrogen) atoms. The van der Waals surface area contributed by atoms with Crippen LogP contribution < -0.4 is 15.5 Å². The molecule has 3 rings (SSSR count). The van der Waals surface area contributed by atoms with Crippen LogP contribution in [0.25, 0.3) is 0 Å². The van der Waals surface area contributed by atoms with Crippen molar-refractivity contribution in [2.75, 3.05) is 30.9 Å². The van der Waals surface area contributed by atoms with Gasteiger partial charge >= 0.3 is 0 Å². The number of nitrogens with one attached hydrogen (secondary N) is 2. The molecule has 5 nitrogen and oxygen atoms in total. The van der Waals surface area contributed by atoms with E-state index in [0.717, 1.165) is 23.4 Å². The van der Waals surface area contributed by atoms with Gasteiger partial charge in [-0.3, -0.25) is 4.79 Å². The number of hydrogen-bond acceptors (Lipinski definition) is 4. The van der Waals surface area contributed by atoms with Crippen molar-refractivity contribution < 1.29 is 4.79 Å². The Hall–Kier alpha value is -3.05. The maximum Gasteiger partial charge on any atom is 0.252 e. The lowest BCUT2D eigenvalue weighted by molar-refractivity contribution is 0.0954. The van der Waals surface area contributed by atoms with Gasteiger partial charge in [-0.15, -0.1) is 0 Å². The topological polar surface area (TPSA) is 57.3 Å². The van der Waals surface area contributed by atoms with Crippen molar-refractivity contribution >= 4 is 34.7 Å². The molecule has 0 aliphatic rings. The fourth-order valence-corrected chi connectivity index (χ4v) is 2.79. The molecule has 144 valence electrons. The molecule has 6 heteroatoms. The van der Waals surface area contributed by atoms with Gasteiger partial charge in [0.1, 0.15) is 5.82 Å². The first-order valence-corrected chi connectivity index (χ1v) is 9.42. The van der Waals surface area contributed by atoms with E-state index < -0.39 is 0 Å². The number of aromatic nitrogens is 1. The standard InChI is InChI=1S/C22H23ClN4O/c1-27(2)20-10-8-19(9-11-20)26-21-12-5-17(15-25-21)22(28)24-14-13-16-3-6-18(23)7-4-16/h3-12,15H,13-14H2,1-2H3,(H,24,28)(H,25,26). The summed E-state index contributed by atoms with van der Waals surface area (Å²) >= 11 is 5.88. The van der Waals surface area contributed by atoms with Gasteiger partial charge < -0.3 is 15.5 Å². The number of benzene rings is 2. The fourth-order valence-electron chi connectivity index (χ4n) is 2.67. The summed E-state index contributed by atoms with van der Waals surface area (Å²) in [6, 6.07) is 19.2. The SMILES string of the molecule is CN(C)c1ccc(Nc2ccc(C(=O)NCCc3ccc(Cl)cc3)cn2)cc1. The van der Waals surface area contributed by atoms with Gasteiger partial charge in [0.05, 0.1) is 5.56 Å². The molecule has 0 aliphatic carbocycles. The molecule has 1 amide bonds. The first kappa shape index (κ1) is 19.7. The second-order valence-electron chi connectivity index (χ2n) is 6.63. The predicted molar refractivity (Wildman–Crippen MR) is 116 cm³/mol. The van der Waals surface area contributed by atoms with Crippen molar-refractivity contribution in [1.82, 2.24) is 10.3 Å². The molecule has 0 radical (unpaired) electrons. The highest BCUT2D eigenvalue weighted by atomic mass is 35.5. The second kappa shape index (κ2) is 9.24. The molecular weight excluding hydrogens is 372 g/mol. The minimum Gasteiger partial charge on any atom is -0.378 e. The third kappa shape index (κ3) is 5.47. The molecule has 2 aromatic carbocycles. The Kier molecular flexibility index (Phi) is 6.50. The average Bonchev–Trinajstić information content (AvgIpc) is 2.70. The predicted octanol–water partition coefficient (Wildman–Crippen LogP) is 4.52. The van der Waals surface area contributed by atoms with Crippen LogP contribution in [0.2, 0.25) is 5.02 Å². The van der Waals surface area contributed by atoms with Crippen molar-refractivity contribution in [1.29, 1.82) is 0 Å². The van der Waals surface area contributed by atoms with Gasteiger partial charge in [0, 0.05) is 43.2 Å². The highest BCUT2D eigenvalue weighted by Gasteiger charge is 2.06. The van der Waals surface area contributed by atoms with Gasteiger partial charge in [0.15, 0.2) is 0 Å². The van der Waals surface area contributed by atoms with E-state index in [9.17, 15) is 4.79 Å². The van der Waals surface area contributed by atoms with Crippen molar-refractivity contribution in [2.24, 2.45) is 0 Å². The molecule has 0 fully saturated rings. The molecule has 0 bridgehead atoms. The van der Waals surface area contributed by atoms with E-state index in [1.54, 1.807) is 18.3 Å². The Morgan fingerprint density at radius 3 is 2.32 bits per heavy atom. The third-order valence-electron chi connectivity index (χ3n) is 4.29. The summed E-state index contributed by atoms with van der Waals surface area (Å²) < 4.78 is 0. The van der Waals surface area contributed by atoms with Crippen molar-refractivity contribution in [3.05, 3.63) is 83.0 Å². The average molecular weight is 395 g/mol. The van der Waals surface area contributed by atoms with E-state index in [2.05, 4.69) is 15.6 Å². The summed E-state index contributed by atoms with van der Waals surface area (Å²) in [5, 5.41) is 6.85. The molecule has 2 N–H and O–H groups in total.